The van der Waals surface area contributed by atoms with Crippen LogP contribution in [0.15, 0.2) is 53.2 Å². The second kappa shape index (κ2) is 11.4. The normalized spacial score (nSPS) is 10.9. The Morgan fingerprint density at radius 2 is 1.94 bits per heavy atom. The van der Waals surface area contributed by atoms with E-state index in [1.54, 1.807) is 17.2 Å². The lowest BCUT2D eigenvalue weighted by Gasteiger charge is -2.23. The minimum absolute atomic E-state index is 0.0938. The van der Waals surface area contributed by atoms with E-state index in [0.29, 0.717) is 31.8 Å². The van der Waals surface area contributed by atoms with Crippen molar-refractivity contribution in [3.05, 3.63) is 71.2 Å². The predicted octanol–water partition coefficient (Wildman–Crippen LogP) is 4.20. The van der Waals surface area contributed by atoms with Crippen LogP contribution in [0.4, 0.5) is 0 Å². The zero-order valence-electron chi connectivity index (χ0n) is 19.8. The van der Waals surface area contributed by atoms with Crippen molar-refractivity contribution in [3.8, 4) is 11.3 Å². The maximum absolute atomic E-state index is 13.2. The van der Waals surface area contributed by atoms with Gasteiger partial charge in [-0.1, -0.05) is 42.8 Å². The van der Waals surface area contributed by atoms with Crippen LogP contribution in [0.2, 0.25) is 0 Å². The van der Waals surface area contributed by atoms with Gasteiger partial charge in [0.15, 0.2) is 11.5 Å². The van der Waals surface area contributed by atoms with Crippen molar-refractivity contribution in [2.45, 2.75) is 40.5 Å². The van der Waals surface area contributed by atoms with Crippen LogP contribution in [0, 0.1) is 19.8 Å². The quantitative estimate of drug-likeness (QED) is 0.502. The van der Waals surface area contributed by atoms with Gasteiger partial charge >= 0.3 is 0 Å². The molecule has 3 aromatic rings. The van der Waals surface area contributed by atoms with Crippen LogP contribution in [0.5, 0.6) is 0 Å². The first-order valence-electron chi connectivity index (χ1n) is 11.3. The second-order valence-corrected chi connectivity index (χ2v) is 8.71. The van der Waals surface area contributed by atoms with Gasteiger partial charge in [0.25, 0.3) is 5.91 Å². The molecule has 0 fully saturated rings. The molecule has 7 nitrogen and oxygen atoms in total. The zero-order chi connectivity index (χ0) is 23.8. The first-order valence-corrected chi connectivity index (χ1v) is 11.3. The van der Waals surface area contributed by atoms with Gasteiger partial charge in [0.2, 0.25) is 5.91 Å². The summed E-state index contributed by atoms with van der Waals surface area (Å²) >= 11 is 0. The fraction of sp³-hybridized carbons (Fsp3) is 0.385. The number of aromatic nitrogens is 2. The highest BCUT2D eigenvalue weighted by Gasteiger charge is 2.22. The van der Waals surface area contributed by atoms with E-state index in [2.05, 4.69) is 15.5 Å². The van der Waals surface area contributed by atoms with Gasteiger partial charge in [-0.15, -0.1) is 0 Å². The molecule has 0 aliphatic carbocycles. The Bertz CT molecular complexity index is 1080. The Labute approximate surface area is 195 Å². The van der Waals surface area contributed by atoms with E-state index >= 15 is 0 Å². The standard InChI is InChI=1S/C26H32N4O3/c1-18(2)17-30(14-11-25(31)28-13-10-21-7-5-6-12-27-21)26(32)23-16-24(33-29-23)22-15-19(3)8-9-20(22)4/h5-9,12,15-16,18H,10-11,13-14,17H2,1-4H3,(H,28,31). The van der Waals surface area contributed by atoms with Gasteiger partial charge in [-0.3, -0.25) is 14.6 Å². The second-order valence-electron chi connectivity index (χ2n) is 8.71. The minimum Gasteiger partial charge on any atom is -0.356 e. The molecular formula is C26H32N4O3. The smallest absolute Gasteiger partial charge is 0.276 e. The molecule has 0 spiro atoms. The number of pyridine rings is 1. The molecule has 0 bridgehead atoms. The third kappa shape index (κ3) is 7.00. The maximum Gasteiger partial charge on any atom is 0.276 e. The number of carbonyl (C=O) groups is 2. The van der Waals surface area contributed by atoms with Gasteiger partial charge in [-0.25, -0.2) is 0 Å². The molecule has 2 heterocycles. The molecule has 1 aromatic carbocycles. The molecule has 0 aliphatic rings. The lowest BCUT2D eigenvalue weighted by atomic mass is 10.0. The van der Waals surface area contributed by atoms with Gasteiger partial charge in [-0.05, 0) is 43.5 Å². The van der Waals surface area contributed by atoms with Crippen LogP contribution in [0.25, 0.3) is 11.3 Å². The van der Waals surface area contributed by atoms with Gasteiger partial charge in [0.1, 0.15) is 0 Å². The number of benzene rings is 1. The Morgan fingerprint density at radius 3 is 2.67 bits per heavy atom. The van der Waals surface area contributed by atoms with Gasteiger partial charge in [0, 0.05) is 56.0 Å². The maximum atomic E-state index is 13.2. The average molecular weight is 449 g/mol. The van der Waals surface area contributed by atoms with E-state index in [9.17, 15) is 9.59 Å². The number of nitrogens with one attached hydrogen (secondary N) is 1. The highest BCUT2D eigenvalue weighted by atomic mass is 16.5. The topological polar surface area (TPSA) is 88.3 Å². The summed E-state index contributed by atoms with van der Waals surface area (Å²) < 4.78 is 5.50. The first-order chi connectivity index (χ1) is 15.8. The molecule has 2 aromatic heterocycles. The molecule has 0 saturated heterocycles. The fourth-order valence-electron chi connectivity index (χ4n) is 3.58. The molecule has 174 valence electrons. The monoisotopic (exact) mass is 448 g/mol. The average Bonchev–Trinajstić information content (AvgIpc) is 3.28. The molecule has 0 atom stereocenters. The van der Waals surface area contributed by atoms with Crippen molar-refractivity contribution in [2.24, 2.45) is 5.92 Å². The molecule has 0 aliphatic heterocycles. The number of aryl methyl sites for hydroxylation is 2. The lowest BCUT2D eigenvalue weighted by molar-refractivity contribution is -0.121. The number of carbonyl (C=O) groups excluding carboxylic acids is 2. The Morgan fingerprint density at radius 1 is 1.12 bits per heavy atom. The molecule has 1 N–H and O–H groups in total. The minimum atomic E-state index is -0.231. The largest absolute Gasteiger partial charge is 0.356 e. The van der Waals surface area contributed by atoms with Crippen LogP contribution in [-0.2, 0) is 11.2 Å². The number of hydrogen-bond acceptors (Lipinski definition) is 5. The summed E-state index contributed by atoms with van der Waals surface area (Å²) in [6, 6.07) is 13.5. The summed E-state index contributed by atoms with van der Waals surface area (Å²) in [5.74, 6) is 0.497. The SMILES string of the molecule is Cc1ccc(C)c(-c2cc(C(=O)N(CCC(=O)NCCc3ccccn3)CC(C)C)no2)c1. The van der Waals surface area contributed by atoms with Gasteiger partial charge in [-0.2, -0.15) is 0 Å². The molecule has 0 radical (unpaired) electrons. The van der Waals surface area contributed by atoms with Crippen molar-refractivity contribution in [1.29, 1.82) is 0 Å². The van der Waals surface area contributed by atoms with E-state index in [1.165, 1.54) is 0 Å². The summed E-state index contributed by atoms with van der Waals surface area (Å²) in [5.41, 5.74) is 4.26. The number of rotatable bonds is 10. The molecular weight excluding hydrogens is 416 g/mol. The van der Waals surface area contributed by atoms with E-state index in [4.69, 9.17) is 4.52 Å². The Kier molecular flexibility index (Phi) is 8.35. The third-order valence-corrected chi connectivity index (χ3v) is 5.30. The van der Waals surface area contributed by atoms with Crippen molar-refractivity contribution < 1.29 is 14.1 Å². The highest BCUT2D eigenvalue weighted by Crippen LogP contribution is 2.25. The predicted molar refractivity (Wildman–Crippen MR) is 128 cm³/mol. The summed E-state index contributed by atoms with van der Waals surface area (Å²) in [4.78, 5) is 31.4. The van der Waals surface area contributed by atoms with Crippen molar-refractivity contribution in [3.63, 3.8) is 0 Å². The number of amides is 2. The highest BCUT2D eigenvalue weighted by molar-refractivity contribution is 5.93. The lowest BCUT2D eigenvalue weighted by Crippen LogP contribution is -2.38. The van der Waals surface area contributed by atoms with E-state index < -0.39 is 0 Å². The number of hydrogen-bond donors (Lipinski definition) is 1. The molecule has 33 heavy (non-hydrogen) atoms. The van der Waals surface area contributed by atoms with Crippen molar-refractivity contribution in [2.75, 3.05) is 19.6 Å². The van der Waals surface area contributed by atoms with E-state index in [-0.39, 0.29) is 29.8 Å². The number of nitrogens with zero attached hydrogens (tertiary/aromatic N) is 3. The van der Waals surface area contributed by atoms with Crippen molar-refractivity contribution in [1.82, 2.24) is 20.4 Å². The fourth-order valence-corrected chi connectivity index (χ4v) is 3.58. The summed E-state index contributed by atoms with van der Waals surface area (Å²) in [7, 11) is 0. The van der Waals surface area contributed by atoms with Gasteiger partial charge in [0.05, 0.1) is 0 Å². The molecule has 0 saturated carbocycles. The van der Waals surface area contributed by atoms with E-state index in [0.717, 1.165) is 22.4 Å². The van der Waals surface area contributed by atoms with Crippen LogP contribution in [0.1, 0.15) is 47.6 Å². The van der Waals surface area contributed by atoms with E-state index in [1.807, 2.05) is 64.1 Å². The Hall–Kier alpha value is -3.48. The van der Waals surface area contributed by atoms with Crippen LogP contribution in [-0.4, -0.2) is 46.5 Å². The van der Waals surface area contributed by atoms with Crippen LogP contribution >= 0.6 is 0 Å². The summed E-state index contributed by atoms with van der Waals surface area (Å²) in [6.45, 7) is 9.45. The summed E-state index contributed by atoms with van der Waals surface area (Å²) in [6.07, 6.45) is 2.63. The summed E-state index contributed by atoms with van der Waals surface area (Å²) in [5, 5.41) is 6.93. The van der Waals surface area contributed by atoms with Gasteiger partial charge < -0.3 is 14.7 Å². The van der Waals surface area contributed by atoms with Crippen LogP contribution in [0.3, 0.4) is 0 Å². The first kappa shape index (κ1) is 24.2. The zero-order valence-corrected chi connectivity index (χ0v) is 19.8. The molecule has 3 rings (SSSR count). The van der Waals surface area contributed by atoms with Crippen molar-refractivity contribution >= 4 is 11.8 Å². The third-order valence-electron chi connectivity index (χ3n) is 5.30. The van der Waals surface area contributed by atoms with Crippen LogP contribution < -0.4 is 5.32 Å². The molecule has 0 unspecified atom stereocenters. The Balaban J connectivity index is 1.60. The molecule has 7 heteroatoms. The molecule has 2 amide bonds.